The molecule has 0 aliphatic heterocycles. The van der Waals surface area contributed by atoms with Gasteiger partial charge in [0.05, 0.1) is 0 Å². The molecule has 1 aromatic heterocycles. The van der Waals surface area contributed by atoms with Crippen LogP contribution in [-0.2, 0) is 20.7 Å². The topological polar surface area (TPSA) is 70.5 Å². The van der Waals surface area contributed by atoms with Crippen molar-refractivity contribution in [1.29, 1.82) is 0 Å². The molecule has 40 heavy (non-hydrogen) atoms. The highest BCUT2D eigenvalue weighted by molar-refractivity contribution is 5.74. The minimum atomic E-state index is -0.573. The molecule has 2 aromatic carbocycles. The molecule has 2 unspecified atom stereocenters. The number of carbonyl (C=O) groups excluding carboxylic acids is 1. The van der Waals surface area contributed by atoms with Crippen molar-refractivity contribution in [3.63, 3.8) is 0 Å². The summed E-state index contributed by atoms with van der Waals surface area (Å²) < 4.78 is 16.9. The number of nitrogens with zero attached hydrogens (tertiary/aromatic N) is 2. The molecule has 2 atom stereocenters. The minimum absolute atomic E-state index is 0.267. The number of aryl methyl sites for hydroxylation is 1. The van der Waals surface area contributed by atoms with E-state index in [4.69, 9.17) is 14.2 Å². The molecule has 0 amide bonds. The summed E-state index contributed by atoms with van der Waals surface area (Å²) in [5.74, 6) is 1.07. The van der Waals surface area contributed by atoms with Crippen LogP contribution in [0.5, 0.6) is 5.75 Å². The predicted molar refractivity (Wildman–Crippen MR) is 161 cm³/mol. The zero-order chi connectivity index (χ0) is 28.6. The molecule has 0 saturated heterocycles. The highest BCUT2D eigenvalue weighted by Crippen LogP contribution is 2.24. The van der Waals surface area contributed by atoms with Gasteiger partial charge in [-0.05, 0) is 56.4 Å². The third kappa shape index (κ3) is 10.7. The van der Waals surface area contributed by atoms with Crippen LogP contribution in [0.3, 0.4) is 0 Å². The number of rotatable bonds is 18. The van der Waals surface area contributed by atoms with Crippen molar-refractivity contribution < 1.29 is 19.0 Å². The van der Waals surface area contributed by atoms with Crippen molar-refractivity contribution >= 4 is 5.97 Å². The van der Waals surface area contributed by atoms with E-state index in [1.54, 1.807) is 6.92 Å². The van der Waals surface area contributed by atoms with Gasteiger partial charge >= 0.3 is 5.97 Å². The quantitative estimate of drug-likeness (QED) is 0.118. The van der Waals surface area contributed by atoms with E-state index in [0.29, 0.717) is 12.4 Å². The van der Waals surface area contributed by atoms with Gasteiger partial charge in [0.15, 0.2) is 11.9 Å². The van der Waals surface area contributed by atoms with E-state index in [0.717, 1.165) is 48.2 Å². The molecule has 0 bridgehead atoms. The van der Waals surface area contributed by atoms with Gasteiger partial charge in [-0.15, -0.1) is 0 Å². The normalized spacial score (nSPS) is 12.6. The van der Waals surface area contributed by atoms with Crippen molar-refractivity contribution in [3.05, 3.63) is 66.5 Å². The average molecular weight is 547 g/mol. The molecule has 0 saturated carbocycles. The number of aromatic nitrogens is 2. The number of unbranched alkanes of at least 4 members (excludes halogenated alkanes) is 6. The van der Waals surface area contributed by atoms with Crippen LogP contribution in [0.1, 0.15) is 84.6 Å². The number of hydrogen-bond acceptors (Lipinski definition) is 6. The average Bonchev–Trinajstić information content (AvgIpc) is 2.99. The summed E-state index contributed by atoms with van der Waals surface area (Å²) in [6, 6.07) is 16.4. The molecule has 0 N–H and O–H groups in total. The molecule has 3 rings (SSSR count). The Morgan fingerprint density at radius 2 is 1.38 bits per heavy atom. The van der Waals surface area contributed by atoms with E-state index in [1.165, 1.54) is 37.7 Å². The highest BCUT2D eigenvalue weighted by Gasteiger charge is 2.18. The lowest BCUT2D eigenvalue weighted by atomic mass is 10.0. The fourth-order valence-electron chi connectivity index (χ4n) is 4.34. The summed E-state index contributed by atoms with van der Waals surface area (Å²) in [6.07, 6.45) is 13.5. The van der Waals surface area contributed by atoms with E-state index < -0.39 is 6.10 Å². The Kier molecular flexibility index (Phi) is 13.6. The van der Waals surface area contributed by atoms with Gasteiger partial charge in [0.2, 0.25) is 0 Å². The van der Waals surface area contributed by atoms with Crippen LogP contribution in [0.15, 0.2) is 60.9 Å². The van der Waals surface area contributed by atoms with Crippen molar-refractivity contribution in [1.82, 2.24) is 9.97 Å². The van der Waals surface area contributed by atoms with Crippen LogP contribution >= 0.6 is 0 Å². The summed E-state index contributed by atoms with van der Waals surface area (Å²) >= 11 is 0. The maximum absolute atomic E-state index is 12.2. The summed E-state index contributed by atoms with van der Waals surface area (Å²) in [5, 5.41) is 0. The Labute approximate surface area is 240 Å². The fraction of sp³-hybridized carbons (Fsp3) is 0.500. The number of esters is 1. The molecular weight excluding hydrogens is 500 g/mol. The maximum atomic E-state index is 12.2. The van der Waals surface area contributed by atoms with E-state index in [2.05, 4.69) is 48.1 Å². The van der Waals surface area contributed by atoms with Gasteiger partial charge in [-0.1, -0.05) is 88.8 Å². The van der Waals surface area contributed by atoms with Crippen LogP contribution < -0.4 is 4.74 Å². The third-order valence-corrected chi connectivity index (χ3v) is 6.87. The second kappa shape index (κ2) is 17.4. The summed E-state index contributed by atoms with van der Waals surface area (Å²) in [5.41, 5.74) is 4.34. The van der Waals surface area contributed by atoms with Gasteiger partial charge < -0.3 is 14.2 Å². The minimum Gasteiger partial charge on any atom is -0.490 e. The van der Waals surface area contributed by atoms with E-state index in [9.17, 15) is 4.79 Å². The molecule has 0 aliphatic carbocycles. The predicted octanol–water partition coefficient (Wildman–Crippen LogP) is 8.23. The lowest BCUT2D eigenvalue weighted by Gasteiger charge is -2.18. The van der Waals surface area contributed by atoms with Gasteiger partial charge in [0, 0.05) is 30.1 Å². The number of carbonyl (C=O) groups is 1. The smallest absolute Gasteiger partial charge is 0.335 e. The molecule has 6 heteroatoms. The number of ether oxygens (including phenoxy) is 3. The van der Waals surface area contributed by atoms with Gasteiger partial charge in [0.25, 0.3) is 0 Å². The van der Waals surface area contributed by atoms with Crippen LogP contribution in [0, 0.1) is 0 Å². The standard InChI is InChI=1S/C34H46N2O4/c1-5-7-9-10-11-13-28-14-16-30(17-15-28)33-35-23-31(24-36-33)29-18-20-32(21-19-29)39-25-26(3)40-34(37)27(4)38-22-12-8-6-2/h14-21,23-24,26-27H,5-13,22,25H2,1-4H3. The molecule has 1 heterocycles. The summed E-state index contributed by atoms with van der Waals surface area (Å²) in [6.45, 7) is 8.76. The van der Waals surface area contributed by atoms with Gasteiger partial charge in [-0.3, -0.25) is 0 Å². The van der Waals surface area contributed by atoms with E-state index >= 15 is 0 Å². The largest absolute Gasteiger partial charge is 0.490 e. The fourth-order valence-corrected chi connectivity index (χ4v) is 4.34. The highest BCUT2D eigenvalue weighted by atomic mass is 16.6. The Morgan fingerprint density at radius 3 is 2.05 bits per heavy atom. The summed E-state index contributed by atoms with van der Waals surface area (Å²) in [4.78, 5) is 21.4. The Morgan fingerprint density at radius 1 is 0.750 bits per heavy atom. The Hall–Kier alpha value is -3.25. The first-order chi connectivity index (χ1) is 19.5. The molecule has 0 spiro atoms. The first-order valence-electron chi connectivity index (χ1n) is 15.0. The lowest BCUT2D eigenvalue weighted by Crippen LogP contribution is -2.30. The summed E-state index contributed by atoms with van der Waals surface area (Å²) in [7, 11) is 0. The van der Waals surface area contributed by atoms with Crippen LogP contribution in [0.4, 0.5) is 0 Å². The molecule has 3 aromatic rings. The third-order valence-electron chi connectivity index (χ3n) is 6.87. The second-order valence-corrected chi connectivity index (χ2v) is 10.5. The van der Waals surface area contributed by atoms with Crippen LogP contribution in [0.2, 0.25) is 0 Å². The van der Waals surface area contributed by atoms with Crippen molar-refractivity contribution in [2.75, 3.05) is 13.2 Å². The second-order valence-electron chi connectivity index (χ2n) is 10.5. The first kappa shape index (κ1) is 31.3. The van der Waals surface area contributed by atoms with Gasteiger partial charge in [-0.2, -0.15) is 0 Å². The molecule has 0 aliphatic rings. The monoisotopic (exact) mass is 546 g/mol. The molecule has 216 valence electrons. The lowest BCUT2D eigenvalue weighted by molar-refractivity contribution is -0.162. The zero-order valence-electron chi connectivity index (χ0n) is 24.7. The first-order valence-corrected chi connectivity index (χ1v) is 15.0. The van der Waals surface area contributed by atoms with Crippen molar-refractivity contribution in [2.24, 2.45) is 0 Å². The van der Waals surface area contributed by atoms with Crippen molar-refractivity contribution in [2.45, 2.75) is 97.7 Å². The SMILES string of the molecule is CCCCCCCc1ccc(-c2ncc(-c3ccc(OCC(C)OC(=O)C(C)OCCCCC)cc3)cn2)cc1. The molecular formula is C34H46N2O4. The molecule has 6 nitrogen and oxygen atoms in total. The van der Waals surface area contributed by atoms with E-state index in [-0.39, 0.29) is 18.7 Å². The molecule has 0 fully saturated rings. The van der Waals surface area contributed by atoms with Gasteiger partial charge in [0.1, 0.15) is 18.5 Å². The Bertz CT molecular complexity index is 1110. The van der Waals surface area contributed by atoms with Crippen LogP contribution in [-0.4, -0.2) is 41.4 Å². The Balaban J connectivity index is 1.44. The van der Waals surface area contributed by atoms with Crippen LogP contribution in [0.25, 0.3) is 22.5 Å². The zero-order valence-corrected chi connectivity index (χ0v) is 24.7. The number of benzene rings is 2. The maximum Gasteiger partial charge on any atom is 0.335 e. The van der Waals surface area contributed by atoms with Gasteiger partial charge in [-0.25, -0.2) is 14.8 Å². The van der Waals surface area contributed by atoms with Crippen molar-refractivity contribution in [3.8, 4) is 28.3 Å². The molecule has 0 radical (unpaired) electrons. The van der Waals surface area contributed by atoms with E-state index in [1.807, 2.05) is 43.6 Å². The number of hydrogen-bond donors (Lipinski definition) is 0.